The molecule has 0 amide bonds. The molecule has 9 heteroatoms. The van der Waals surface area contributed by atoms with Gasteiger partial charge in [0.15, 0.2) is 10.9 Å². The summed E-state index contributed by atoms with van der Waals surface area (Å²) in [6.45, 7) is 2.00. The van der Waals surface area contributed by atoms with Gasteiger partial charge in [-0.25, -0.2) is 14.4 Å². The van der Waals surface area contributed by atoms with Crippen LogP contribution < -0.4 is 19.5 Å². The molecule has 0 aliphatic heterocycles. The molecule has 1 heterocycles. The van der Waals surface area contributed by atoms with E-state index >= 15 is 0 Å². The first-order valence-electron chi connectivity index (χ1n) is 7.43. The van der Waals surface area contributed by atoms with Crippen molar-refractivity contribution in [1.82, 2.24) is 14.7 Å². The summed E-state index contributed by atoms with van der Waals surface area (Å²) in [7, 11) is 3.16. The Kier molecular flexibility index (Phi) is 7.20. The van der Waals surface area contributed by atoms with Gasteiger partial charge < -0.3 is 19.5 Å². The fourth-order valence-corrected chi connectivity index (χ4v) is 2.85. The maximum absolute atomic E-state index is 12.8. The molecule has 0 aliphatic rings. The summed E-state index contributed by atoms with van der Waals surface area (Å²) in [5, 5.41) is 3.62. The number of hydrogen-bond acceptors (Lipinski definition) is 6. The van der Waals surface area contributed by atoms with E-state index in [1.165, 1.54) is 11.9 Å². The number of rotatable bonds is 7. The summed E-state index contributed by atoms with van der Waals surface area (Å²) in [4.78, 5) is 7.90. The monoisotopic (exact) mass is 382 g/mol. The highest BCUT2D eigenvalue weighted by molar-refractivity contribution is 7.99. The van der Waals surface area contributed by atoms with Crippen LogP contribution in [0.2, 0.25) is 0 Å². The highest BCUT2D eigenvalue weighted by atomic mass is 32.2. The molecule has 134 valence electrons. The topological polar surface area (TPSA) is 68.3 Å². The first kappa shape index (κ1) is 19.2. The summed E-state index contributed by atoms with van der Waals surface area (Å²) >= 11 is 6.74. The lowest BCUT2D eigenvalue weighted by molar-refractivity contribution is 0.398. The van der Waals surface area contributed by atoms with Gasteiger partial charge in [-0.15, -0.1) is 0 Å². The van der Waals surface area contributed by atoms with Crippen LogP contribution >= 0.6 is 24.2 Å². The van der Waals surface area contributed by atoms with Crippen LogP contribution in [0.15, 0.2) is 30.6 Å². The molecule has 25 heavy (non-hydrogen) atoms. The summed E-state index contributed by atoms with van der Waals surface area (Å²) in [6, 6.07) is 5.46. The van der Waals surface area contributed by atoms with E-state index < -0.39 is 5.82 Å². The highest BCUT2D eigenvalue weighted by Crippen LogP contribution is 2.34. The molecule has 0 saturated carbocycles. The average molecular weight is 382 g/mol. The Hall–Kier alpha value is -2.13. The van der Waals surface area contributed by atoms with E-state index in [9.17, 15) is 4.39 Å². The number of benzene rings is 1. The zero-order chi connectivity index (χ0) is 18.2. The Morgan fingerprint density at radius 3 is 2.40 bits per heavy atom. The first-order valence-corrected chi connectivity index (χ1v) is 8.72. The minimum Gasteiger partial charge on any atom is -0.494 e. The third-order valence-corrected chi connectivity index (χ3v) is 4.39. The minimum absolute atomic E-state index is 0.129. The SMILES string of the molecule is COc1cccc(OC)c1NC(=S)NSC(C)Cc1ncc(F)cn1. The quantitative estimate of drug-likeness (QED) is 0.559. The molecule has 0 aliphatic carbocycles. The van der Waals surface area contributed by atoms with Gasteiger partial charge in [-0.3, -0.25) is 0 Å². The molecule has 2 N–H and O–H groups in total. The summed E-state index contributed by atoms with van der Waals surface area (Å²) in [5.41, 5.74) is 0.653. The Morgan fingerprint density at radius 1 is 1.24 bits per heavy atom. The van der Waals surface area contributed by atoms with E-state index in [0.717, 1.165) is 12.4 Å². The standard InChI is InChI=1S/C16H19FN4O2S2/c1-10(7-14-18-8-11(17)9-19-14)25-21-16(24)20-15-12(22-2)5-4-6-13(15)23-3/h4-6,8-10H,7H2,1-3H3,(H2,20,21,24). The van der Waals surface area contributed by atoms with Crippen LogP contribution in [0, 0.1) is 5.82 Å². The van der Waals surface area contributed by atoms with Crippen LogP contribution in [0.3, 0.4) is 0 Å². The van der Waals surface area contributed by atoms with E-state index in [-0.39, 0.29) is 5.25 Å². The lowest BCUT2D eigenvalue weighted by Crippen LogP contribution is -2.25. The maximum Gasteiger partial charge on any atom is 0.181 e. The lowest BCUT2D eigenvalue weighted by atomic mass is 10.2. The number of anilines is 1. The molecule has 0 saturated heterocycles. The molecule has 6 nitrogen and oxygen atoms in total. The number of thiocarbonyl (C=S) groups is 1. The van der Waals surface area contributed by atoms with Crippen molar-refractivity contribution < 1.29 is 13.9 Å². The van der Waals surface area contributed by atoms with Gasteiger partial charge in [0.2, 0.25) is 0 Å². The smallest absolute Gasteiger partial charge is 0.181 e. The first-order chi connectivity index (χ1) is 12.0. The number of nitrogens with zero attached hydrogens (tertiary/aromatic N) is 2. The molecule has 1 unspecified atom stereocenters. The van der Waals surface area contributed by atoms with E-state index in [1.807, 2.05) is 25.1 Å². The number of aromatic nitrogens is 2. The Morgan fingerprint density at radius 2 is 1.84 bits per heavy atom. The zero-order valence-corrected chi connectivity index (χ0v) is 15.7. The molecular weight excluding hydrogens is 363 g/mol. The van der Waals surface area contributed by atoms with E-state index in [2.05, 4.69) is 20.0 Å². The van der Waals surface area contributed by atoms with Gasteiger partial charge in [0.1, 0.15) is 23.0 Å². The number of nitrogens with one attached hydrogen (secondary N) is 2. The third-order valence-electron chi connectivity index (χ3n) is 3.16. The van der Waals surface area contributed by atoms with Gasteiger partial charge in [0.05, 0.1) is 26.6 Å². The maximum atomic E-state index is 12.8. The molecule has 2 aromatic rings. The Labute approximate surface area is 155 Å². The van der Waals surface area contributed by atoms with Crippen LogP contribution in [0.5, 0.6) is 11.5 Å². The lowest BCUT2D eigenvalue weighted by Gasteiger charge is -2.17. The van der Waals surface area contributed by atoms with Gasteiger partial charge >= 0.3 is 0 Å². The number of methoxy groups -OCH3 is 2. The second-order valence-corrected chi connectivity index (χ2v) is 6.70. The van der Waals surface area contributed by atoms with E-state index in [1.54, 1.807) is 14.2 Å². The second-order valence-electron chi connectivity index (χ2n) is 5.04. The fraction of sp³-hybridized carbons (Fsp3) is 0.312. The largest absolute Gasteiger partial charge is 0.494 e. The minimum atomic E-state index is -0.446. The molecule has 0 bridgehead atoms. The number of para-hydroxylation sites is 1. The predicted octanol–water partition coefficient (Wildman–Crippen LogP) is 3.20. The van der Waals surface area contributed by atoms with Crippen molar-refractivity contribution in [3.63, 3.8) is 0 Å². The fourth-order valence-electron chi connectivity index (χ4n) is 2.01. The Bertz CT molecular complexity index is 694. The highest BCUT2D eigenvalue weighted by Gasteiger charge is 2.13. The van der Waals surface area contributed by atoms with Crippen molar-refractivity contribution in [2.45, 2.75) is 18.6 Å². The van der Waals surface area contributed by atoms with Crippen LogP contribution in [-0.4, -0.2) is 34.5 Å². The van der Waals surface area contributed by atoms with Crippen molar-refractivity contribution in [3.05, 3.63) is 42.2 Å². The molecule has 0 spiro atoms. The number of hydrogen-bond donors (Lipinski definition) is 2. The van der Waals surface area contributed by atoms with Crippen molar-refractivity contribution in [2.75, 3.05) is 19.5 Å². The van der Waals surface area contributed by atoms with Gasteiger partial charge in [-0.2, -0.15) is 0 Å². The summed E-state index contributed by atoms with van der Waals surface area (Å²) < 4.78 is 26.5. The second kappa shape index (κ2) is 9.38. The van der Waals surface area contributed by atoms with Crippen molar-refractivity contribution in [1.29, 1.82) is 0 Å². The number of halogens is 1. The molecule has 0 radical (unpaired) electrons. The molecule has 1 aromatic heterocycles. The molecular formula is C16H19FN4O2S2. The van der Waals surface area contributed by atoms with Crippen molar-refractivity contribution in [2.24, 2.45) is 0 Å². The van der Waals surface area contributed by atoms with E-state index in [0.29, 0.717) is 34.5 Å². The molecule has 0 fully saturated rings. The average Bonchev–Trinajstić information content (AvgIpc) is 2.62. The third kappa shape index (κ3) is 5.71. The Balaban J connectivity index is 1.89. The summed E-state index contributed by atoms with van der Waals surface area (Å²) in [5.74, 6) is 1.38. The van der Waals surface area contributed by atoms with Crippen molar-refractivity contribution in [3.8, 4) is 11.5 Å². The van der Waals surface area contributed by atoms with Crippen molar-refractivity contribution >= 4 is 35.0 Å². The number of ether oxygens (including phenoxy) is 2. The van der Waals surface area contributed by atoms with E-state index in [4.69, 9.17) is 21.7 Å². The van der Waals surface area contributed by atoms with Crippen LogP contribution in [-0.2, 0) is 6.42 Å². The molecule has 1 atom stereocenters. The summed E-state index contributed by atoms with van der Waals surface area (Å²) in [6.07, 6.45) is 2.90. The van der Waals surface area contributed by atoms with Gasteiger partial charge in [0, 0.05) is 11.7 Å². The van der Waals surface area contributed by atoms with Crippen LogP contribution in [0.4, 0.5) is 10.1 Å². The van der Waals surface area contributed by atoms with Crippen LogP contribution in [0.25, 0.3) is 0 Å². The molecule has 2 rings (SSSR count). The zero-order valence-electron chi connectivity index (χ0n) is 14.1. The molecule has 1 aromatic carbocycles. The van der Waals surface area contributed by atoms with Crippen LogP contribution in [0.1, 0.15) is 12.7 Å². The normalized spacial score (nSPS) is 11.5. The van der Waals surface area contributed by atoms with Gasteiger partial charge in [0.25, 0.3) is 0 Å². The predicted molar refractivity (Wildman–Crippen MR) is 102 cm³/mol. The van der Waals surface area contributed by atoms with Gasteiger partial charge in [-0.05, 0) is 36.3 Å². The van der Waals surface area contributed by atoms with Gasteiger partial charge in [-0.1, -0.05) is 13.0 Å².